The van der Waals surface area contributed by atoms with E-state index < -0.39 is 124 Å². The molecule has 0 aromatic rings. The van der Waals surface area contributed by atoms with E-state index in [9.17, 15) is 61.0 Å². The fourth-order valence-corrected chi connectivity index (χ4v) is 14.8. The summed E-state index contributed by atoms with van der Waals surface area (Å²) in [7, 11) is 0. The Labute approximate surface area is 649 Å². The fourth-order valence-electron chi connectivity index (χ4n) is 14.8. The van der Waals surface area contributed by atoms with Crippen LogP contribution in [0, 0.1) is 0 Å². The molecule has 0 aliphatic carbocycles. The van der Waals surface area contributed by atoms with Crippen LogP contribution < -0.4 is 5.32 Å². The summed E-state index contributed by atoms with van der Waals surface area (Å²) in [5.74, 6) is -0.269. The van der Waals surface area contributed by atoms with Crippen LogP contribution in [0.15, 0.2) is 60.8 Å². The number of amides is 1. The van der Waals surface area contributed by atoms with Gasteiger partial charge in [0.1, 0.15) is 73.2 Å². The van der Waals surface area contributed by atoms with Crippen LogP contribution in [0.2, 0.25) is 0 Å². The van der Waals surface area contributed by atoms with Crippen LogP contribution in [0.3, 0.4) is 0 Å². The molecule has 107 heavy (non-hydrogen) atoms. The Morgan fingerprint density at radius 2 is 0.645 bits per heavy atom. The Morgan fingerprint density at radius 1 is 0.346 bits per heavy atom. The van der Waals surface area contributed by atoms with Gasteiger partial charge in [0, 0.05) is 6.42 Å². The molecule has 3 saturated heterocycles. The normalized spacial score (nSPS) is 25.8. The van der Waals surface area contributed by atoms with Crippen molar-refractivity contribution in [1.29, 1.82) is 0 Å². The van der Waals surface area contributed by atoms with E-state index in [0.29, 0.717) is 6.42 Å². The molecule has 12 N–H and O–H groups in total. The largest absolute Gasteiger partial charge is 0.394 e. The van der Waals surface area contributed by atoms with E-state index in [1.54, 1.807) is 6.08 Å². The number of carbonyl (C=O) groups excluding carboxylic acids is 1. The van der Waals surface area contributed by atoms with E-state index in [4.69, 9.17) is 28.4 Å². The maximum absolute atomic E-state index is 13.5. The zero-order valence-electron chi connectivity index (χ0n) is 67.4. The number of hydrogen-bond donors (Lipinski definition) is 12. The van der Waals surface area contributed by atoms with Gasteiger partial charge in [0.2, 0.25) is 5.91 Å². The number of ether oxygens (including phenoxy) is 6. The highest BCUT2D eigenvalue weighted by molar-refractivity contribution is 5.76. The number of aliphatic hydroxyl groups excluding tert-OH is 11. The maximum Gasteiger partial charge on any atom is 0.220 e. The molecule has 3 heterocycles. The SMILES string of the molecule is CC/C=C\C/C=C\C/C=C\C/C=C\CCCCCCCCCCCCCCCCCCCCCCC(=O)NC(COC1OC(CO)C(OC2OC(CO)C(OC3OC(CO)C(O)C(O)C3O)C(O)C2O)C(O)C1O)C(O)/C=C/CCCCCCCCCCCCCCCCCCCCCCCCCCCCC. The molecule has 3 aliphatic rings. The zero-order valence-corrected chi connectivity index (χ0v) is 67.4. The van der Waals surface area contributed by atoms with Crippen LogP contribution in [-0.2, 0) is 33.2 Å². The van der Waals surface area contributed by atoms with Crippen LogP contribution >= 0.6 is 0 Å². The highest BCUT2D eigenvalue weighted by Crippen LogP contribution is 2.33. The number of aliphatic hydroxyl groups is 11. The molecule has 19 heteroatoms. The smallest absolute Gasteiger partial charge is 0.220 e. The van der Waals surface area contributed by atoms with Gasteiger partial charge in [-0.05, 0) is 57.8 Å². The molecule has 0 saturated carbocycles. The quantitative estimate of drug-likeness (QED) is 0.0199. The summed E-state index contributed by atoms with van der Waals surface area (Å²) in [6, 6.07) is -0.976. The van der Waals surface area contributed by atoms with Gasteiger partial charge in [-0.1, -0.05) is 357 Å². The Balaban J connectivity index is 1.34. The summed E-state index contributed by atoms with van der Waals surface area (Å²) in [5, 5.41) is 121. The van der Waals surface area contributed by atoms with Crippen molar-refractivity contribution in [3.05, 3.63) is 60.8 Å². The minimum Gasteiger partial charge on any atom is -0.394 e. The lowest BCUT2D eigenvalue weighted by molar-refractivity contribution is -0.379. The van der Waals surface area contributed by atoms with E-state index in [2.05, 4.69) is 67.8 Å². The van der Waals surface area contributed by atoms with Crippen LogP contribution in [0.5, 0.6) is 0 Å². The standard InChI is InChI=1S/C88H161NO18/c1-3-5-7-9-11-13-15-17-19-21-23-25-27-29-31-33-34-35-36-38-40-42-44-46-48-50-52-54-56-58-60-62-64-66-76(94)89-71(72(93)65-63-61-59-57-55-53-51-49-47-45-43-41-39-37-32-30-28-26-24-22-20-18-16-14-12-10-8-6-4-2)70-102-86-82(100)79(97)84(74(68-91)104-86)107-88-83(101)80(98)85(75(69-92)105-88)106-87-81(99)78(96)77(95)73(67-90)103-87/h5,7,11,13,17,19,23,25,63,65,71-75,77-88,90-93,95-101H,3-4,6,8-10,12,14-16,18,20-22,24,26-62,64,66-70H2,1-2H3,(H,89,94)/b7-5-,13-11-,19-17-,25-23-,65-63+. The number of hydrogen-bond acceptors (Lipinski definition) is 18. The lowest BCUT2D eigenvalue weighted by Gasteiger charge is -2.48. The third kappa shape index (κ3) is 47.1. The number of allylic oxidation sites excluding steroid dienone is 9. The van der Waals surface area contributed by atoms with Gasteiger partial charge < -0.3 is 89.9 Å². The summed E-state index contributed by atoms with van der Waals surface area (Å²) < 4.78 is 34.5. The van der Waals surface area contributed by atoms with Gasteiger partial charge in [-0.3, -0.25) is 4.79 Å². The Hall–Kier alpha value is -2.51. The van der Waals surface area contributed by atoms with Crippen molar-refractivity contribution in [3.8, 4) is 0 Å². The minimum absolute atomic E-state index is 0.245. The van der Waals surface area contributed by atoms with E-state index in [0.717, 1.165) is 70.6 Å². The molecular formula is C88H161NO18. The van der Waals surface area contributed by atoms with Crippen molar-refractivity contribution < 1.29 is 89.4 Å². The van der Waals surface area contributed by atoms with Crippen LogP contribution in [0.1, 0.15) is 361 Å². The molecule has 19 nitrogen and oxygen atoms in total. The van der Waals surface area contributed by atoms with E-state index in [-0.39, 0.29) is 18.9 Å². The Kier molecular flexibility index (Phi) is 62.7. The summed E-state index contributed by atoms with van der Waals surface area (Å²) in [5.41, 5.74) is 0. The molecule has 1 amide bonds. The first-order valence-electron chi connectivity index (χ1n) is 44.0. The summed E-state index contributed by atoms with van der Waals surface area (Å²) in [4.78, 5) is 13.5. The molecule has 3 fully saturated rings. The van der Waals surface area contributed by atoms with Crippen molar-refractivity contribution in [2.45, 2.75) is 465 Å². The second-order valence-corrected chi connectivity index (χ2v) is 31.3. The van der Waals surface area contributed by atoms with E-state index >= 15 is 0 Å². The molecular weight excluding hydrogens is 1360 g/mol. The third-order valence-corrected chi connectivity index (χ3v) is 21.8. The number of rotatable bonds is 71. The van der Waals surface area contributed by atoms with Crippen molar-refractivity contribution >= 4 is 5.91 Å². The number of nitrogens with one attached hydrogen (secondary N) is 1. The highest BCUT2D eigenvalue weighted by atomic mass is 16.8. The molecule has 3 rings (SSSR count). The number of unbranched alkanes of at least 4 members (excludes halogenated alkanes) is 47. The second-order valence-electron chi connectivity index (χ2n) is 31.3. The first-order valence-corrected chi connectivity index (χ1v) is 44.0. The van der Waals surface area contributed by atoms with E-state index in [1.165, 1.54) is 263 Å². The van der Waals surface area contributed by atoms with Gasteiger partial charge >= 0.3 is 0 Å². The predicted octanol–water partition coefficient (Wildman–Crippen LogP) is 16.2. The maximum atomic E-state index is 13.5. The molecule has 0 bridgehead atoms. The molecule has 17 atom stereocenters. The lowest BCUT2D eigenvalue weighted by Crippen LogP contribution is -2.66. The first kappa shape index (κ1) is 98.7. The zero-order chi connectivity index (χ0) is 77.4. The van der Waals surface area contributed by atoms with Crippen molar-refractivity contribution in [2.24, 2.45) is 0 Å². The highest BCUT2D eigenvalue weighted by Gasteiger charge is 2.54. The van der Waals surface area contributed by atoms with Crippen LogP contribution in [0.25, 0.3) is 0 Å². The van der Waals surface area contributed by atoms with Gasteiger partial charge in [0.15, 0.2) is 18.9 Å². The number of carbonyl (C=O) groups is 1. The molecule has 626 valence electrons. The molecule has 3 aliphatic heterocycles. The third-order valence-electron chi connectivity index (χ3n) is 21.8. The van der Waals surface area contributed by atoms with Gasteiger partial charge in [-0.15, -0.1) is 0 Å². The average Bonchev–Trinajstić information content (AvgIpc) is 0.782. The van der Waals surface area contributed by atoms with Crippen molar-refractivity contribution in [2.75, 3.05) is 26.4 Å². The molecule has 0 radical (unpaired) electrons. The van der Waals surface area contributed by atoms with Gasteiger partial charge in [0.25, 0.3) is 0 Å². The van der Waals surface area contributed by atoms with Gasteiger partial charge in [0.05, 0.1) is 38.6 Å². The Morgan fingerprint density at radius 3 is 1.01 bits per heavy atom. The van der Waals surface area contributed by atoms with E-state index in [1.807, 2.05) is 6.08 Å². The molecule has 0 spiro atoms. The lowest BCUT2D eigenvalue weighted by atomic mass is 9.96. The topological polar surface area (TPSA) is 307 Å². The van der Waals surface area contributed by atoms with Crippen molar-refractivity contribution in [3.63, 3.8) is 0 Å². The predicted molar refractivity (Wildman–Crippen MR) is 429 cm³/mol. The molecule has 0 aromatic heterocycles. The first-order chi connectivity index (χ1) is 52.3. The van der Waals surface area contributed by atoms with Crippen LogP contribution in [-0.4, -0.2) is 193 Å². The fraction of sp³-hybridized carbons (Fsp3) is 0.875. The van der Waals surface area contributed by atoms with Gasteiger partial charge in [-0.25, -0.2) is 0 Å². The van der Waals surface area contributed by atoms with Crippen molar-refractivity contribution in [1.82, 2.24) is 5.32 Å². The molecule has 17 unspecified atom stereocenters. The summed E-state index contributed by atoms with van der Waals surface area (Å²) in [6.07, 6.45) is 62.2. The monoisotopic (exact) mass is 1520 g/mol. The summed E-state index contributed by atoms with van der Waals surface area (Å²) in [6.45, 7) is 1.68. The second kappa shape index (κ2) is 67.9. The Bertz CT molecular complexity index is 2160. The summed E-state index contributed by atoms with van der Waals surface area (Å²) >= 11 is 0. The van der Waals surface area contributed by atoms with Crippen LogP contribution in [0.4, 0.5) is 0 Å². The minimum atomic E-state index is -1.98. The van der Waals surface area contributed by atoms with Gasteiger partial charge in [-0.2, -0.15) is 0 Å². The molecule has 0 aromatic carbocycles. The average molecular weight is 1520 g/mol.